The SMILES string of the molecule is CCCC/C=C\CCCCCCC(=O)NC(COP(=O)(O)OCC[N+](C)(C)C)C(O)CCCCCCCCCCCCCCCCC. The lowest BCUT2D eigenvalue weighted by Gasteiger charge is -2.26. The number of carbonyl (C=O) groups excluding carboxylic acids is 1. The molecule has 3 N–H and O–H groups in total. The molecule has 0 saturated carbocycles. The van der Waals surface area contributed by atoms with Gasteiger partial charge in [-0.3, -0.25) is 13.8 Å². The lowest BCUT2D eigenvalue weighted by atomic mass is 10.0. The number of amides is 1. The Morgan fingerprint density at radius 3 is 1.70 bits per heavy atom. The van der Waals surface area contributed by atoms with Gasteiger partial charge < -0.3 is 19.8 Å². The molecule has 0 spiro atoms. The quantitative estimate of drug-likeness (QED) is 0.0265. The maximum Gasteiger partial charge on any atom is 0.472 e. The van der Waals surface area contributed by atoms with Crippen molar-refractivity contribution < 1.29 is 32.9 Å². The normalized spacial score (nSPS) is 14.8. The van der Waals surface area contributed by atoms with Gasteiger partial charge in [-0.1, -0.05) is 148 Å². The molecule has 8 nitrogen and oxygen atoms in total. The molecular weight excluding hydrogens is 611 g/mol. The molecule has 280 valence electrons. The van der Waals surface area contributed by atoms with Crippen LogP contribution < -0.4 is 5.32 Å². The van der Waals surface area contributed by atoms with Crippen molar-refractivity contribution in [1.29, 1.82) is 0 Å². The van der Waals surface area contributed by atoms with Crippen LogP contribution in [0.5, 0.6) is 0 Å². The number of unbranched alkanes of at least 4 members (excludes halogenated alkanes) is 20. The number of aliphatic hydroxyl groups is 1. The second-order valence-electron chi connectivity index (χ2n) is 14.7. The van der Waals surface area contributed by atoms with Gasteiger partial charge in [0.15, 0.2) is 0 Å². The van der Waals surface area contributed by atoms with Crippen molar-refractivity contribution in [1.82, 2.24) is 5.32 Å². The highest BCUT2D eigenvalue weighted by Gasteiger charge is 2.28. The molecule has 3 atom stereocenters. The van der Waals surface area contributed by atoms with E-state index in [0.29, 0.717) is 23.9 Å². The van der Waals surface area contributed by atoms with Crippen LogP contribution >= 0.6 is 7.82 Å². The third kappa shape index (κ3) is 33.5. The second-order valence-corrected chi connectivity index (χ2v) is 16.1. The van der Waals surface area contributed by atoms with E-state index in [9.17, 15) is 19.4 Å². The van der Waals surface area contributed by atoms with Crippen LogP contribution in [0.3, 0.4) is 0 Å². The summed E-state index contributed by atoms with van der Waals surface area (Å²) in [7, 11) is 1.61. The Labute approximate surface area is 291 Å². The number of allylic oxidation sites excluding steroid dienone is 2. The molecule has 1 amide bonds. The highest BCUT2D eigenvalue weighted by atomic mass is 31.2. The monoisotopic (exact) mass is 690 g/mol. The molecule has 0 heterocycles. The zero-order valence-corrected chi connectivity index (χ0v) is 32.4. The highest BCUT2D eigenvalue weighted by Crippen LogP contribution is 2.43. The van der Waals surface area contributed by atoms with E-state index in [2.05, 4.69) is 31.3 Å². The van der Waals surface area contributed by atoms with Gasteiger partial charge in [-0.25, -0.2) is 4.57 Å². The Morgan fingerprint density at radius 1 is 0.702 bits per heavy atom. The van der Waals surface area contributed by atoms with Crippen molar-refractivity contribution in [2.24, 2.45) is 0 Å². The molecule has 0 saturated heterocycles. The van der Waals surface area contributed by atoms with Crippen LogP contribution in [-0.4, -0.2) is 73.4 Å². The first-order chi connectivity index (χ1) is 22.5. The zero-order chi connectivity index (χ0) is 35.1. The summed E-state index contributed by atoms with van der Waals surface area (Å²) in [6, 6.07) is -0.759. The third-order valence-electron chi connectivity index (χ3n) is 8.76. The predicted molar refractivity (Wildman–Crippen MR) is 198 cm³/mol. The number of carbonyl (C=O) groups is 1. The summed E-state index contributed by atoms with van der Waals surface area (Å²) in [6.07, 6.45) is 32.3. The van der Waals surface area contributed by atoms with Crippen LogP contribution in [0.25, 0.3) is 0 Å². The first-order valence-electron chi connectivity index (χ1n) is 19.6. The Kier molecular flexibility index (Phi) is 30.7. The highest BCUT2D eigenvalue weighted by molar-refractivity contribution is 7.47. The van der Waals surface area contributed by atoms with E-state index in [-0.39, 0.29) is 19.1 Å². The number of nitrogens with one attached hydrogen (secondary N) is 1. The van der Waals surface area contributed by atoms with Crippen molar-refractivity contribution in [3.8, 4) is 0 Å². The molecule has 0 aliphatic carbocycles. The third-order valence-corrected chi connectivity index (χ3v) is 9.75. The number of nitrogens with zero attached hydrogens (tertiary/aromatic N) is 1. The molecule has 0 aromatic rings. The number of phosphoric ester groups is 1. The van der Waals surface area contributed by atoms with Gasteiger partial charge in [0.25, 0.3) is 0 Å². The van der Waals surface area contributed by atoms with Crippen LogP contribution in [0.1, 0.15) is 174 Å². The lowest BCUT2D eigenvalue weighted by molar-refractivity contribution is -0.870. The number of aliphatic hydroxyl groups excluding tert-OH is 1. The van der Waals surface area contributed by atoms with Gasteiger partial charge in [0, 0.05) is 6.42 Å². The smallest absolute Gasteiger partial charge is 0.391 e. The van der Waals surface area contributed by atoms with Gasteiger partial charge in [-0.05, 0) is 32.1 Å². The molecule has 47 heavy (non-hydrogen) atoms. The molecule has 0 aromatic carbocycles. The van der Waals surface area contributed by atoms with Crippen molar-refractivity contribution in [2.75, 3.05) is 40.9 Å². The summed E-state index contributed by atoms with van der Waals surface area (Å²) in [5.74, 6) is -0.160. The second kappa shape index (κ2) is 31.2. The summed E-state index contributed by atoms with van der Waals surface area (Å²) < 4.78 is 23.5. The van der Waals surface area contributed by atoms with E-state index >= 15 is 0 Å². The van der Waals surface area contributed by atoms with E-state index in [1.807, 2.05) is 21.1 Å². The number of likely N-dealkylation sites (N-methyl/N-ethyl adjacent to an activating group) is 1. The number of hydrogen-bond acceptors (Lipinski definition) is 5. The first-order valence-corrected chi connectivity index (χ1v) is 21.0. The standard InChI is InChI=1S/C38H77N2O6P/c1-6-8-10-12-14-16-18-19-20-21-22-23-25-27-29-31-37(41)36(35-46-47(43,44)45-34-33-40(3,4)5)39-38(42)32-30-28-26-24-17-15-13-11-9-7-2/h13,15,36-37,41H,6-12,14,16-35H2,1-5H3,(H-,39,42,43,44)/p+1/b15-13-. The first kappa shape index (κ1) is 46.2. The van der Waals surface area contributed by atoms with Gasteiger partial charge in [-0.2, -0.15) is 0 Å². The van der Waals surface area contributed by atoms with Gasteiger partial charge in [-0.15, -0.1) is 0 Å². The molecule has 0 radical (unpaired) electrons. The number of phosphoric acid groups is 1. The van der Waals surface area contributed by atoms with Crippen molar-refractivity contribution in [3.05, 3.63) is 12.2 Å². The van der Waals surface area contributed by atoms with Gasteiger partial charge in [0.05, 0.1) is 39.9 Å². The maximum atomic E-state index is 12.8. The average molecular weight is 690 g/mol. The molecule has 9 heteroatoms. The van der Waals surface area contributed by atoms with E-state index < -0.39 is 20.0 Å². The number of quaternary nitrogens is 1. The molecule has 3 unspecified atom stereocenters. The van der Waals surface area contributed by atoms with Crippen LogP contribution in [0.2, 0.25) is 0 Å². The molecular formula is C38H78N2O6P+. The van der Waals surface area contributed by atoms with Gasteiger partial charge in [0.2, 0.25) is 5.91 Å². The van der Waals surface area contributed by atoms with Crippen LogP contribution in [0, 0.1) is 0 Å². The van der Waals surface area contributed by atoms with Crippen LogP contribution in [0.4, 0.5) is 0 Å². The minimum atomic E-state index is -4.30. The molecule has 0 aliphatic rings. The van der Waals surface area contributed by atoms with Crippen LogP contribution in [-0.2, 0) is 18.4 Å². The van der Waals surface area contributed by atoms with Crippen LogP contribution in [0.15, 0.2) is 12.2 Å². The summed E-state index contributed by atoms with van der Waals surface area (Å²) in [4.78, 5) is 23.0. The van der Waals surface area contributed by atoms with Crippen molar-refractivity contribution >= 4 is 13.7 Å². The fourth-order valence-electron chi connectivity index (χ4n) is 5.55. The minimum absolute atomic E-state index is 0.0739. The Hall–Kier alpha value is -0.760. The summed E-state index contributed by atoms with van der Waals surface area (Å²) in [5.41, 5.74) is 0. The molecule has 0 aliphatic heterocycles. The summed E-state index contributed by atoms with van der Waals surface area (Å²) in [6.45, 7) is 4.82. The van der Waals surface area contributed by atoms with E-state index in [0.717, 1.165) is 57.8 Å². The molecule has 0 aromatic heterocycles. The molecule has 0 bridgehead atoms. The van der Waals surface area contributed by atoms with E-state index in [1.54, 1.807) is 0 Å². The zero-order valence-electron chi connectivity index (χ0n) is 31.5. The lowest BCUT2D eigenvalue weighted by Crippen LogP contribution is -2.46. The largest absolute Gasteiger partial charge is 0.472 e. The van der Waals surface area contributed by atoms with Gasteiger partial charge >= 0.3 is 7.82 Å². The fraction of sp³-hybridized carbons (Fsp3) is 0.921. The summed E-state index contributed by atoms with van der Waals surface area (Å²) in [5, 5.41) is 13.9. The Balaban J connectivity index is 4.44. The molecule has 0 fully saturated rings. The maximum absolute atomic E-state index is 12.8. The van der Waals surface area contributed by atoms with Gasteiger partial charge in [0.1, 0.15) is 13.2 Å². The fourth-order valence-corrected chi connectivity index (χ4v) is 6.29. The Morgan fingerprint density at radius 2 is 1.17 bits per heavy atom. The van der Waals surface area contributed by atoms with E-state index in [1.165, 1.54) is 89.9 Å². The average Bonchev–Trinajstić information content (AvgIpc) is 3.01. The van der Waals surface area contributed by atoms with Crippen molar-refractivity contribution in [2.45, 2.75) is 187 Å². The number of rotatable bonds is 35. The Bertz CT molecular complexity index is 789. The minimum Gasteiger partial charge on any atom is -0.391 e. The van der Waals surface area contributed by atoms with Crippen molar-refractivity contribution in [3.63, 3.8) is 0 Å². The molecule has 0 rings (SSSR count). The summed E-state index contributed by atoms with van der Waals surface area (Å²) >= 11 is 0. The topological polar surface area (TPSA) is 105 Å². The van der Waals surface area contributed by atoms with E-state index in [4.69, 9.17) is 9.05 Å². The number of hydrogen-bond donors (Lipinski definition) is 3. The predicted octanol–water partition coefficient (Wildman–Crippen LogP) is 10.0.